The standard InChI is InChI=1S/C21H34N4O.HI/c1-3-22-20(23-15-19-16-25(2)13-14-26-19)24-17-21(11-7-8-12-21)18-9-5-4-6-10-18;/h4-6,9-10,19H,3,7-8,11-17H2,1-2H3,(H2,22,23,24);1H. The number of rotatable bonds is 6. The van der Waals surface area contributed by atoms with E-state index in [0.717, 1.165) is 45.3 Å². The van der Waals surface area contributed by atoms with Gasteiger partial charge in [-0.2, -0.15) is 0 Å². The van der Waals surface area contributed by atoms with Gasteiger partial charge in [0, 0.05) is 31.6 Å². The Morgan fingerprint density at radius 2 is 1.96 bits per heavy atom. The molecule has 1 atom stereocenters. The van der Waals surface area contributed by atoms with Crippen LogP contribution >= 0.6 is 24.0 Å². The molecule has 6 heteroatoms. The van der Waals surface area contributed by atoms with Crippen LogP contribution in [0.25, 0.3) is 0 Å². The summed E-state index contributed by atoms with van der Waals surface area (Å²) in [6, 6.07) is 10.9. The second-order valence-corrected chi connectivity index (χ2v) is 7.68. The van der Waals surface area contributed by atoms with Crippen molar-refractivity contribution < 1.29 is 4.74 Å². The van der Waals surface area contributed by atoms with Gasteiger partial charge in [0.1, 0.15) is 0 Å². The molecule has 1 aliphatic carbocycles. The minimum absolute atomic E-state index is 0. The van der Waals surface area contributed by atoms with Crippen molar-refractivity contribution in [3.8, 4) is 0 Å². The molecule has 5 nitrogen and oxygen atoms in total. The molecule has 1 aromatic carbocycles. The molecule has 152 valence electrons. The van der Waals surface area contributed by atoms with Crippen LogP contribution in [0.15, 0.2) is 35.3 Å². The maximum atomic E-state index is 5.86. The fourth-order valence-electron chi connectivity index (χ4n) is 4.15. The fraction of sp³-hybridized carbons (Fsp3) is 0.667. The van der Waals surface area contributed by atoms with Crippen LogP contribution in [-0.4, -0.2) is 63.3 Å². The fourth-order valence-corrected chi connectivity index (χ4v) is 4.15. The maximum Gasteiger partial charge on any atom is 0.191 e. The van der Waals surface area contributed by atoms with E-state index in [1.807, 2.05) is 0 Å². The van der Waals surface area contributed by atoms with Crippen molar-refractivity contribution in [3.63, 3.8) is 0 Å². The van der Waals surface area contributed by atoms with E-state index in [-0.39, 0.29) is 35.5 Å². The highest BCUT2D eigenvalue weighted by Gasteiger charge is 2.35. The van der Waals surface area contributed by atoms with Crippen molar-refractivity contribution in [2.75, 3.05) is 46.4 Å². The van der Waals surface area contributed by atoms with Crippen LogP contribution in [0.5, 0.6) is 0 Å². The molecule has 0 radical (unpaired) electrons. The highest BCUT2D eigenvalue weighted by molar-refractivity contribution is 14.0. The summed E-state index contributed by atoms with van der Waals surface area (Å²) in [4.78, 5) is 7.29. The average molecular weight is 486 g/mol. The molecule has 0 aromatic heterocycles. The maximum absolute atomic E-state index is 5.86. The predicted octanol–water partition coefficient (Wildman–Crippen LogP) is 3.00. The number of morpholine rings is 1. The number of guanidine groups is 1. The second kappa shape index (κ2) is 11.2. The van der Waals surface area contributed by atoms with Gasteiger partial charge in [-0.25, -0.2) is 0 Å². The van der Waals surface area contributed by atoms with Gasteiger partial charge in [-0.15, -0.1) is 24.0 Å². The van der Waals surface area contributed by atoms with E-state index in [9.17, 15) is 0 Å². The van der Waals surface area contributed by atoms with E-state index in [1.165, 1.54) is 31.2 Å². The number of halogens is 1. The van der Waals surface area contributed by atoms with Crippen molar-refractivity contribution in [3.05, 3.63) is 35.9 Å². The summed E-state index contributed by atoms with van der Waals surface area (Å²) in [5.41, 5.74) is 1.64. The van der Waals surface area contributed by atoms with E-state index >= 15 is 0 Å². The average Bonchev–Trinajstić information content (AvgIpc) is 3.15. The van der Waals surface area contributed by atoms with Crippen LogP contribution < -0.4 is 10.6 Å². The molecule has 1 saturated heterocycles. The minimum atomic E-state index is 0. The van der Waals surface area contributed by atoms with Crippen LogP contribution in [0, 0.1) is 0 Å². The zero-order valence-corrected chi connectivity index (χ0v) is 19.1. The van der Waals surface area contributed by atoms with Crippen LogP contribution in [0.4, 0.5) is 0 Å². The first-order valence-corrected chi connectivity index (χ1v) is 10.1. The number of nitrogens with one attached hydrogen (secondary N) is 2. The first-order chi connectivity index (χ1) is 12.7. The van der Waals surface area contributed by atoms with Crippen molar-refractivity contribution in [2.45, 2.75) is 44.1 Å². The molecular formula is C21H35IN4O. The van der Waals surface area contributed by atoms with Crippen LogP contribution in [0.1, 0.15) is 38.2 Å². The Balaban J connectivity index is 0.00000261. The third-order valence-electron chi connectivity index (χ3n) is 5.67. The van der Waals surface area contributed by atoms with Crippen LogP contribution in [0.3, 0.4) is 0 Å². The third-order valence-corrected chi connectivity index (χ3v) is 5.67. The van der Waals surface area contributed by atoms with E-state index in [2.05, 4.69) is 59.8 Å². The summed E-state index contributed by atoms with van der Waals surface area (Å²) < 4.78 is 5.86. The van der Waals surface area contributed by atoms with Crippen LogP contribution in [-0.2, 0) is 10.2 Å². The second-order valence-electron chi connectivity index (χ2n) is 7.68. The van der Waals surface area contributed by atoms with E-state index in [1.54, 1.807) is 0 Å². The Hall–Kier alpha value is -0.860. The molecule has 1 heterocycles. The number of nitrogens with zero attached hydrogens (tertiary/aromatic N) is 2. The quantitative estimate of drug-likeness (QED) is 0.369. The summed E-state index contributed by atoms with van der Waals surface area (Å²) >= 11 is 0. The molecule has 1 unspecified atom stereocenters. The SMILES string of the molecule is CCNC(=NCC1(c2ccccc2)CCCC1)NCC1CN(C)CCO1.I. The summed E-state index contributed by atoms with van der Waals surface area (Å²) in [5, 5.41) is 6.89. The lowest BCUT2D eigenvalue weighted by Crippen LogP contribution is -2.48. The van der Waals surface area contributed by atoms with Gasteiger partial charge in [0.2, 0.25) is 0 Å². The Morgan fingerprint density at radius 3 is 2.63 bits per heavy atom. The van der Waals surface area contributed by atoms with Crippen molar-refractivity contribution in [1.82, 2.24) is 15.5 Å². The van der Waals surface area contributed by atoms with Gasteiger partial charge in [-0.1, -0.05) is 43.2 Å². The number of hydrogen-bond donors (Lipinski definition) is 2. The highest BCUT2D eigenvalue weighted by atomic mass is 127. The van der Waals surface area contributed by atoms with Gasteiger partial charge >= 0.3 is 0 Å². The summed E-state index contributed by atoms with van der Waals surface area (Å²) in [5.74, 6) is 0.909. The number of likely N-dealkylation sites (N-methyl/N-ethyl adjacent to an activating group) is 1. The topological polar surface area (TPSA) is 48.9 Å². The molecule has 1 aliphatic heterocycles. The zero-order chi connectivity index (χ0) is 18.2. The van der Waals surface area contributed by atoms with Gasteiger partial charge in [0.15, 0.2) is 5.96 Å². The van der Waals surface area contributed by atoms with Gasteiger partial charge in [-0.3, -0.25) is 4.99 Å². The summed E-state index contributed by atoms with van der Waals surface area (Å²) in [7, 11) is 2.15. The number of hydrogen-bond acceptors (Lipinski definition) is 3. The Labute approximate surface area is 181 Å². The lowest BCUT2D eigenvalue weighted by molar-refractivity contribution is -0.0161. The molecule has 3 rings (SSSR count). The molecule has 0 bridgehead atoms. The molecule has 1 aromatic rings. The highest BCUT2D eigenvalue weighted by Crippen LogP contribution is 2.41. The van der Waals surface area contributed by atoms with E-state index < -0.39 is 0 Å². The number of ether oxygens (including phenoxy) is 1. The first kappa shape index (κ1) is 22.4. The molecule has 27 heavy (non-hydrogen) atoms. The minimum Gasteiger partial charge on any atom is -0.374 e. The Kier molecular flexibility index (Phi) is 9.32. The molecular weight excluding hydrogens is 451 g/mol. The van der Waals surface area contributed by atoms with Gasteiger partial charge in [0.05, 0.1) is 19.3 Å². The summed E-state index contributed by atoms with van der Waals surface area (Å²) in [6.07, 6.45) is 5.30. The summed E-state index contributed by atoms with van der Waals surface area (Å²) in [6.45, 7) is 7.44. The molecule has 0 amide bonds. The normalized spacial score (nSPS) is 22.9. The van der Waals surface area contributed by atoms with Gasteiger partial charge < -0.3 is 20.3 Å². The first-order valence-electron chi connectivity index (χ1n) is 10.1. The Morgan fingerprint density at radius 1 is 1.22 bits per heavy atom. The van der Waals surface area contributed by atoms with Gasteiger partial charge in [0.25, 0.3) is 0 Å². The number of benzene rings is 1. The van der Waals surface area contributed by atoms with E-state index in [0.29, 0.717) is 0 Å². The molecule has 2 aliphatic rings. The smallest absolute Gasteiger partial charge is 0.191 e. The number of aliphatic imine (C=N–C) groups is 1. The zero-order valence-electron chi connectivity index (χ0n) is 16.7. The monoisotopic (exact) mass is 486 g/mol. The molecule has 1 saturated carbocycles. The van der Waals surface area contributed by atoms with Crippen molar-refractivity contribution in [1.29, 1.82) is 0 Å². The van der Waals surface area contributed by atoms with E-state index in [4.69, 9.17) is 9.73 Å². The predicted molar refractivity (Wildman–Crippen MR) is 123 cm³/mol. The Bertz CT molecular complexity index is 575. The van der Waals surface area contributed by atoms with Crippen LogP contribution in [0.2, 0.25) is 0 Å². The molecule has 2 N–H and O–H groups in total. The van der Waals surface area contributed by atoms with Gasteiger partial charge in [-0.05, 0) is 32.4 Å². The lowest BCUT2D eigenvalue weighted by Gasteiger charge is -2.31. The third kappa shape index (κ3) is 6.32. The molecule has 2 fully saturated rings. The molecule has 0 spiro atoms. The van der Waals surface area contributed by atoms with Crippen molar-refractivity contribution >= 4 is 29.9 Å². The largest absolute Gasteiger partial charge is 0.374 e. The van der Waals surface area contributed by atoms with Crippen molar-refractivity contribution in [2.24, 2.45) is 4.99 Å². The lowest BCUT2D eigenvalue weighted by atomic mass is 9.79.